The second-order valence-corrected chi connectivity index (χ2v) is 10.0. The summed E-state index contributed by atoms with van der Waals surface area (Å²) in [6.45, 7) is 3.38. The molecule has 0 aliphatic carbocycles. The molecule has 4 aromatic rings. The maximum atomic E-state index is 13.6. The highest BCUT2D eigenvalue weighted by Gasteiger charge is 2.25. The van der Waals surface area contributed by atoms with Crippen molar-refractivity contribution in [2.45, 2.75) is 4.90 Å². The molecule has 0 bridgehead atoms. The fourth-order valence-corrected chi connectivity index (χ4v) is 5.73. The number of aromatic nitrogens is 2. The third kappa shape index (κ3) is 3.40. The Morgan fingerprint density at radius 3 is 2.52 bits per heavy atom. The lowest BCUT2D eigenvalue weighted by molar-refractivity contribution is 0.589. The maximum absolute atomic E-state index is 13.6. The number of piperazine rings is 1. The predicted molar refractivity (Wildman–Crippen MR) is 126 cm³/mol. The van der Waals surface area contributed by atoms with Crippen molar-refractivity contribution in [2.75, 3.05) is 36.8 Å². The molecule has 0 radical (unpaired) electrons. The van der Waals surface area contributed by atoms with Gasteiger partial charge in [0.1, 0.15) is 5.82 Å². The Morgan fingerprint density at radius 2 is 1.77 bits per heavy atom. The van der Waals surface area contributed by atoms with Crippen LogP contribution in [-0.2, 0) is 10.0 Å². The summed E-state index contributed by atoms with van der Waals surface area (Å²) in [6, 6.07) is 11.7. The van der Waals surface area contributed by atoms with E-state index in [1.807, 2.05) is 18.2 Å². The van der Waals surface area contributed by atoms with Crippen LogP contribution in [0, 0.1) is 0 Å². The van der Waals surface area contributed by atoms with Crippen LogP contribution in [0.4, 0.5) is 11.5 Å². The zero-order valence-corrected chi connectivity index (χ0v) is 18.7. The first-order valence-electron chi connectivity index (χ1n) is 9.73. The van der Waals surface area contributed by atoms with E-state index in [2.05, 4.69) is 15.2 Å². The Hall–Kier alpha value is -2.52. The molecule has 1 aliphatic heterocycles. The second-order valence-electron chi connectivity index (χ2n) is 7.40. The topological polar surface area (TPSA) is 93.2 Å². The van der Waals surface area contributed by atoms with Gasteiger partial charge in [-0.3, -0.25) is 0 Å². The number of pyridine rings is 1. The van der Waals surface area contributed by atoms with Crippen LogP contribution in [0.3, 0.4) is 0 Å². The Kier molecular flexibility index (Phi) is 4.97. The van der Waals surface area contributed by atoms with Crippen molar-refractivity contribution >= 4 is 66.5 Å². The summed E-state index contributed by atoms with van der Waals surface area (Å²) in [5.41, 5.74) is 7.94. The highest BCUT2D eigenvalue weighted by molar-refractivity contribution is 7.90. The van der Waals surface area contributed by atoms with Crippen molar-refractivity contribution < 1.29 is 8.42 Å². The van der Waals surface area contributed by atoms with Gasteiger partial charge in [0, 0.05) is 48.8 Å². The summed E-state index contributed by atoms with van der Waals surface area (Å²) in [5.74, 6) is 0.323. The predicted octanol–water partition coefficient (Wildman–Crippen LogP) is 3.73. The van der Waals surface area contributed by atoms with E-state index in [9.17, 15) is 8.42 Å². The highest BCUT2D eigenvalue weighted by atomic mass is 35.5. The number of halogens is 2. The lowest BCUT2D eigenvalue weighted by atomic mass is 10.1. The zero-order chi connectivity index (χ0) is 21.8. The van der Waals surface area contributed by atoms with E-state index < -0.39 is 10.0 Å². The fourth-order valence-electron chi connectivity index (χ4n) is 3.99. The van der Waals surface area contributed by atoms with Gasteiger partial charge in [-0.15, -0.1) is 0 Å². The number of nitrogen functional groups attached to an aromatic ring is 1. The van der Waals surface area contributed by atoms with Crippen LogP contribution in [0.25, 0.3) is 21.8 Å². The number of hydrogen-bond donors (Lipinski definition) is 2. The lowest BCUT2D eigenvalue weighted by Crippen LogP contribution is -2.43. The normalized spacial score (nSPS) is 15.1. The van der Waals surface area contributed by atoms with E-state index in [0.717, 1.165) is 42.6 Å². The van der Waals surface area contributed by atoms with Crippen molar-refractivity contribution in [2.24, 2.45) is 0 Å². The molecule has 0 atom stereocenters. The van der Waals surface area contributed by atoms with Gasteiger partial charge in [-0.25, -0.2) is 17.4 Å². The van der Waals surface area contributed by atoms with Gasteiger partial charge in [-0.1, -0.05) is 23.2 Å². The maximum Gasteiger partial charge on any atom is 0.268 e. The van der Waals surface area contributed by atoms with E-state index in [-0.39, 0.29) is 9.92 Å². The largest absolute Gasteiger partial charge is 0.384 e. The van der Waals surface area contributed by atoms with Crippen molar-refractivity contribution in [3.05, 3.63) is 58.7 Å². The molecule has 10 heteroatoms. The fraction of sp³-hybridized carbons (Fsp3) is 0.190. The molecule has 0 unspecified atom stereocenters. The van der Waals surface area contributed by atoms with E-state index in [1.165, 1.54) is 22.2 Å². The minimum Gasteiger partial charge on any atom is -0.384 e. The van der Waals surface area contributed by atoms with Gasteiger partial charge in [0.25, 0.3) is 10.0 Å². The zero-order valence-electron chi connectivity index (χ0n) is 16.3. The summed E-state index contributed by atoms with van der Waals surface area (Å²) in [6.07, 6.45) is 1.55. The van der Waals surface area contributed by atoms with Gasteiger partial charge in [-0.05, 0) is 42.5 Å². The van der Waals surface area contributed by atoms with Gasteiger partial charge in [-0.2, -0.15) is 0 Å². The summed E-state index contributed by atoms with van der Waals surface area (Å²) in [7, 11) is -3.95. The molecule has 1 saturated heterocycles. The smallest absolute Gasteiger partial charge is 0.268 e. The molecule has 0 amide bonds. The number of nitrogens with one attached hydrogen (secondary N) is 1. The number of rotatable bonds is 3. The molecule has 2 aromatic heterocycles. The van der Waals surface area contributed by atoms with Crippen LogP contribution in [0.2, 0.25) is 10.0 Å². The van der Waals surface area contributed by atoms with E-state index >= 15 is 0 Å². The molecular weight excluding hydrogens is 457 g/mol. The van der Waals surface area contributed by atoms with Gasteiger partial charge >= 0.3 is 0 Å². The Bertz CT molecular complexity index is 1430. The van der Waals surface area contributed by atoms with E-state index in [0.29, 0.717) is 21.9 Å². The monoisotopic (exact) mass is 475 g/mol. The van der Waals surface area contributed by atoms with Crippen LogP contribution in [-0.4, -0.2) is 43.6 Å². The van der Waals surface area contributed by atoms with Crippen molar-refractivity contribution in [1.82, 2.24) is 14.3 Å². The minimum atomic E-state index is -3.95. The Balaban J connectivity index is 1.81. The molecule has 1 aliphatic rings. The highest BCUT2D eigenvalue weighted by Crippen LogP contribution is 2.37. The molecule has 5 rings (SSSR count). The lowest BCUT2D eigenvalue weighted by Gasteiger charge is -2.30. The number of anilines is 2. The van der Waals surface area contributed by atoms with Crippen LogP contribution in [0.5, 0.6) is 0 Å². The van der Waals surface area contributed by atoms with Gasteiger partial charge in [0.2, 0.25) is 0 Å². The van der Waals surface area contributed by atoms with Crippen LogP contribution >= 0.6 is 23.2 Å². The summed E-state index contributed by atoms with van der Waals surface area (Å²) in [5, 5.41) is 5.43. The second kappa shape index (κ2) is 7.56. The first kappa shape index (κ1) is 20.4. The molecule has 0 spiro atoms. The third-order valence-electron chi connectivity index (χ3n) is 5.50. The first-order valence-corrected chi connectivity index (χ1v) is 11.9. The van der Waals surface area contributed by atoms with Crippen LogP contribution in [0.15, 0.2) is 53.6 Å². The number of fused-ring (bicyclic) bond motifs is 3. The third-order valence-corrected chi connectivity index (χ3v) is 7.91. The molecule has 1 fully saturated rings. The molecular formula is C21H19Cl2N5O2S. The van der Waals surface area contributed by atoms with Gasteiger partial charge in [0.15, 0.2) is 0 Å². The van der Waals surface area contributed by atoms with Crippen molar-refractivity contribution in [3.8, 4) is 0 Å². The summed E-state index contributed by atoms with van der Waals surface area (Å²) < 4.78 is 28.4. The van der Waals surface area contributed by atoms with E-state index in [1.54, 1.807) is 12.3 Å². The van der Waals surface area contributed by atoms with E-state index in [4.69, 9.17) is 28.9 Å². The van der Waals surface area contributed by atoms with Crippen LogP contribution < -0.4 is 16.0 Å². The van der Waals surface area contributed by atoms with Crippen molar-refractivity contribution in [1.29, 1.82) is 0 Å². The average molecular weight is 476 g/mol. The SMILES string of the molecule is Nc1ccc2cc(N3CCNCC3)c3ccn(S(=O)(=O)c4ccc(Cl)c(Cl)c4)c3c2n1. The standard InChI is InChI=1S/C21H19Cl2N5O2S/c22-16-3-2-14(12-17(16)23)31(29,30)28-8-5-15-18(27-9-6-25-7-10-27)11-13-1-4-19(24)26-20(13)21(15)28/h1-5,8,11-12,25H,6-7,9-10H2,(H2,24,26). The summed E-state index contributed by atoms with van der Waals surface area (Å²) in [4.78, 5) is 6.78. The Morgan fingerprint density at radius 1 is 1.00 bits per heavy atom. The molecule has 2 aromatic carbocycles. The molecule has 7 nitrogen and oxygen atoms in total. The number of hydrogen-bond acceptors (Lipinski definition) is 6. The van der Waals surface area contributed by atoms with Crippen molar-refractivity contribution in [3.63, 3.8) is 0 Å². The summed E-state index contributed by atoms with van der Waals surface area (Å²) >= 11 is 12.1. The average Bonchev–Trinajstić information content (AvgIpc) is 3.22. The van der Waals surface area contributed by atoms with Crippen LogP contribution in [0.1, 0.15) is 0 Å². The van der Waals surface area contributed by atoms with Gasteiger partial charge in [0.05, 0.1) is 26.0 Å². The molecule has 0 saturated carbocycles. The molecule has 160 valence electrons. The van der Waals surface area contributed by atoms with Gasteiger partial charge < -0.3 is 16.0 Å². The molecule has 31 heavy (non-hydrogen) atoms. The number of nitrogens with zero attached hydrogens (tertiary/aromatic N) is 3. The first-order chi connectivity index (χ1) is 14.9. The number of benzene rings is 2. The number of nitrogens with two attached hydrogens (primary N) is 1. The minimum absolute atomic E-state index is 0.0454. The quantitative estimate of drug-likeness (QED) is 0.468. The molecule has 3 N–H and O–H groups in total. The molecule has 3 heterocycles. The Labute approximate surface area is 189 Å².